The van der Waals surface area contributed by atoms with Crippen LogP contribution in [0.5, 0.6) is 0 Å². The number of aromatic nitrogens is 3. The van der Waals surface area contributed by atoms with Gasteiger partial charge in [-0.1, -0.05) is 61.5 Å². The molecule has 1 aromatic carbocycles. The molecule has 1 amide bonds. The Balaban J connectivity index is 1.49. The van der Waals surface area contributed by atoms with E-state index in [-0.39, 0.29) is 17.2 Å². The molecule has 0 spiro atoms. The third-order valence-corrected chi connectivity index (χ3v) is 8.63. The minimum absolute atomic E-state index is 0.0109. The van der Waals surface area contributed by atoms with E-state index < -0.39 is 0 Å². The Labute approximate surface area is 204 Å². The van der Waals surface area contributed by atoms with Crippen LogP contribution in [0.1, 0.15) is 55.7 Å². The Kier molecular flexibility index (Phi) is 7.71. The summed E-state index contributed by atoms with van der Waals surface area (Å²) in [5, 5.41) is 12.6. The molecule has 5 nitrogen and oxygen atoms in total. The smallest absolute Gasteiger partial charge is 0.233 e. The van der Waals surface area contributed by atoms with Gasteiger partial charge in [0.1, 0.15) is 0 Å². The summed E-state index contributed by atoms with van der Waals surface area (Å²) in [4.78, 5) is 15.5. The molecule has 0 saturated heterocycles. The van der Waals surface area contributed by atoms with Crippen LogP contribution in [0.15, 0.2) is 54.2 Å². The van der Waals surface area contributed by atoms with Crippen molar-refractivity contribution in [2.45, 2.75) is 69.4 Å². The maximum atomic E-state index is 12.9. The first-order valence-electron chi connectivity index (χ1n) is 11.7. The van der Waals surface area contributed by atoms with Gasteiger partial charge in [0.2, 0.25) is 5.91 Å². The molecule has 3 atom stereocenters. The summed E-state index contributed by atoms with van der Waals surface area (Å²) in [6.45, 7) is 10.7. The van der Waals surface area contributed by atoms with Gasteiger partial charge in [0.25, 0.3) is 0 Å². The van der Waals surface area contributed by atoms with Crippen molar-refractivity contribution >= 4 is 29.0 Å². The molecule has 0 saturated carbocycles. The molecule has 1 aliphatic carbocycles. The molecular formula is C26H32N4OS2. The van der Waals surface area contributed by atoms with Crippen LogP contribution in [0, 0.1) is 5.92 Å². The van der Waals surface area contributed by atoms with Crippen molar-refractivity contribution in [3.63, 3.8) is 0 Å². The van der Waals surface area contributed by atoms with Crippen molar-refractivity contribution < 1.29 is 4.79 Å². The van der Waals surface area contributed by atoms with Crippen LogP contribution < -0.4 is 5.32 Å². The SMILES string of the molecule is C=CCn1c(S[C@H](C)C(=O)N[C@H](C)c2ccccc2)nnc1-c1cc2c(s1)CC[C@@H](CC)C2. The molecule has 0 fully saturated rings. The average Bonchev–Trinajstić information content (AvgIpc) is 3.43. The van der Waals surface area contributed by atoms with Crippen molar-refractivity contribution in [2.75, 3.05) is 0 Å². The van der Waals surface area contributed by atoms with Crippen molar-refractivity contribution in [3.8, 4) is 10.7 Å². The first-order valence-corrected chi connectivity index (χ1v) is 13.4. The molecule has 3 aromatic rings. The first-order chi connectivity index (χ1) is 16.0. The largest absolute Gasteiger partial charge is 0.349 e. The average molecular weight is 481 g/mol. The second-order valence-corrected chi connectivity index (χ2v) is 11.1. The van der Waals surface area contributed by atoms with Crippen molar-refractivity contribution in [1.82, 2.24) is 20.1 Å². The van der Waals surface area contributed by atoms with Crippen LogP contribution in [-0.2, 0) is 24.2 Å². The van der Waals surface area contributed by atoms with Crippen LogP contribution in [0.25, 0.3) is 10.7 Å². The maximum Gasteiger partial charge on any atom is 0.233 e. The molecule has 0 bridgehead atoms. The fourth-order valence-corrected chi connectivity index (χ4v) is 6.35. The highest BCUT2D eigenvalue weighted by Crippen LogP contribution is 2.38. The summed E-state index contributed by atoms with van der Waals surface area (Å²) in [6, 6.07) is 12.3. The molecule has 33 heavy (non-hydrogen) atoms. The number of fused-ring (bicyclic) bond motifs is 1. The molecule has 4 rings (SSSR count). The molecular weight excluding hydrogens is 448 g/mol. The predicted octanol–water partition coefficient (Wildman–Crippen LogP) is 6.07. The molecule has 2 aromatic heterocycles. The van der Waals surface area contributed by atoms with Gasteiger partial charge >= 0.3 is 0 Å². The topological polar surface area (TPSA) is 59.8 Å². The number of aryl methyl sites for hydroxylation is 1. The number of carbonyl (C=O) groups excluding carboxylic acids is 1. The molecule has 0 radical (unpaired) electrons. The zero-order valence-corrected chi connectivity index (χ0v) is 21.2. The minimum Gasteiger partial charge on any atom is -0.349 e. The van der Waals surface area contributed by atoms with Gasteiger partial charge in [0.05, 0.1) is 16.2 Å². The van der Waals surface area contributed by atoms with Crippen molar-refractivity contribution in [1.29, 1.82) is 0 Å². The summed E-state index contributed by atoms with van der Waals surface area (Å²) < 4.78 is 2.08. The van der Waals surface area contributed by atoms with Crippen LogP contribution in [-0.4, -0.2) is 25.9 Å². The molecule has 0 unspecified atom stereocenters. The molecule has 1 aliphatic rings. The molecule has 174 valence electrons. The van der Waals surface area contributed by atoms with Gasteiger partial charge in [0, 0.05) is 11.4 Å². The number of rotatable bonds is 9. The van der Waals surface area contributed by atoms with E-state index in [1.165, 1.54) is 35.0 Å². The quantitative estimate of drug-likeness (QED) is 0.298. The van der Waals surface area contributed by atoms with Gasteiger partial charge in [0.15, 0.2) is 11.0 Å². The van der Waals surface area contributed by atoms with Gasteiger partial charge in [-0.25, -0.2) is 0 Å². The lowest BCUT2D eigenvalue weighted by atomic mass is 9.87. The fourth-order valence-electron chi connectivity index (χ4n) is 4.28. The van der Waals surface area contributed by atoms with Gasteiger partial charge in [-0.05, 0) is 56.2 Å². The van der Waals surface area contributed by atoms with E-state index in [1.807, 2.05) is 61.6 Å². The molecule has 0 aliphatic heterocycles. The molecule has 2 heterocycles. The Hall–Kier alpha value is -2.38. The zero-order chi connectivity index (χ0) is 23.4. The number of benzene rings is 1. The van der Waals surface area contributed by atoms with E-state index in [0.29, 0.717) is 6.54 Å². The van der Waals surface area contributed by atoms with E-state index in [1.54, 1.807) is 0 Å². The Morgan fingerprint density at radius 2 is 2.12 bits per heavy atom. The third kappa shape index (κ3) is 5.41. The zero-order valence-electron chi connectivity index (χ0n) is 19.6. The fraction of sp³-hybridized carbons (Fsp3) is 0.423. The number of carbonyl (C=O) groups is 1. The summed E-state index contributed by atoms with van der Waals surface area (Å²) in [5.74, 6) is 1.65. The highest BCUT2D eigenvalue weighted by Gasteiger charge is 2.25. The van der Waals surface area contributed by atoms with Gasteiger partial charge < -0.3 is 5.32 Å². The number of nitrogens with zero attached hydrogens (tertiary/aromatic N) is 3. The number of hydrogen-bond acceptors (Lipinski definition) is 5. The third-order valence-electron chi connectivity index (χ3n) is 6.32. The van der Waals surface area contributed by atoms with Gasteiger partial charge in [-0.2, -0.15) is 0 Å². The Bertz CT molecular complexity index is 1100. The number of amides is 1. The molecule has 1 N–H and O–H groups in total. The predicted molar refractivity (Wildman–Crippen MR) is 138 cm³/mol. The lowest BCUT2D eigenvalue weighted by molar-refractivity contribution is -0.120. The monoisotopic (exact) mass is 480 g/mol. The van der Waals surface area contributed by atoms with E-state index >= 15 is 0 Å². The van der Waals surface area contributed by atoms with Crippen LogP contribution in [0.3, 0.4) is 0 Å². The maximum absolute atomic E-state index is 12.9. The van der Waals surface area contributed by atoms with Crippen LogP contribution in [0.4, 0.5) is 0 Å². The standard InChI is InChI=1S/C26H32N4OS2/c1-5-14-30-24(23-16-21-15-19(6-2)12-13-22(21)33-23)28-29-26(30)32-18(4)25(31)27-17(3)20-10-8-7-9-11-20/h5,7-11,16-19H,1,6,12-15H2,2-4H3,(H,27,31)/t17-,18-,19-/m1/s1. The number of thioether (sulfide) groups is 1. The summed E-state index contributed by atoms with van der Waals surface area (Å²) in [6.07, 6.45) is 6.70. The van der Waals surface area contributed by atoms with Gasteiger partial charge in [-0.15, -0.1) is 28.1 Å². The first kappa shape index (κ1) is 23.8. The second kappa shape index (κ2) is 10.7. The number of allylic oxidation sites excluding steroid dienone is 1. The normalized spacial score (nSPS) is 17.2. The number of nitrogens with one attached hydrogen (secondary N) is 1. The van der Waals surface area contributed by atoms with E-state index in [0.717, 1.165) is 40.2 Å². The van der Waals surface area contributed by atoms with Crippen molar-refractivity contribution in [3.05, 3.63) is 65.1 Å². The van der Waals surface area contributed by atoms with Gasteiger partial charge in [-0.3, -0.25) is 9.36 Å². The lowest BCUT2D eigenvalue weighted by Gasteiger charge is -2.19. The van der Waals surface area contributed by atoms with Crippen molar-refractivity contribution in [2.24, 2.45) is 5.92 Å². The summed E-state index contributed by atoms with van der Waals surface area (Å²) in [7, 11) is 0. The second-order valence-electron chi connectivity index (χ2n) is 8.68. The highest BCUT2D eigenvalue weighted by molar-refractivity contribution is 8.00. The lowest BCUT2D eigenvalue weighted by Crippen LogP contribution is -2.33. The Morgan fingerprint density at radius 1 is 1.33 bits per heavy atom. The van der Waals surface area contributed by atoms with E-state index in [4.69, 9.17) is 0 Å². The summed E-state index contributed by atoms with van der Waals surface area (Å²) >= 11 is 3.28. The number of hydrogen-bond donors (Lipinski definition) is 1. The summed E-state index contributed by atoms with van der Waals surface area (Å²) in [5.41, 5.74) is 2.56. The Morgan fingerprint density at radius 3 is 2.85 bits per heavy atom. The minimum atomic E-state index is -0.293. The van der Waals surface area contributed by atoms with Crippen LogP contribution >= 0.6 is 23.1 Å². The highest BCUT2D eigenvalue weighted by atomic mass is 32.2. The number of thiophene rings is 1. The van der Waals surface area contributed by atoms with Crippen LogP contribution in [0.2, 0.25) is 0 Å². The van der Waals surface area contributed by atoms with E-state index in [2.05, 4.69) is 39.7 Å². The molecule has 7 heteroatoms. The van der Waals surface area contributed by atoms with E-state index in [9.17, 15) is 4.79 Å².